The molecule has 0 N–H and O–H groups in total. The Kier molecular flexibility index (Phi) is 3.16. The molecular formula is C8H18N2. The van der Waals surface area contributed by atoms with E-state index in [1.165, 1.54) is 32.4 Å². The number of hydrogen-bond donors (Lipinski definition) is 0. The minimum Gasteiger partial charge on any atom is -0.297 e. The van der Waals surface area contributed by atoms with Gasteiger partial charge in [-0.05, 0) is 40.0 Å². The van der Waals surface area contributed by atoms with E-state index >= 15 is 0 Å². The SMILES string of the molecule is CN(C)CN1CCCCC1. The van der Waals surface area contributed by atoms with Crippen molar-refractivity contribution in [1.29, 1.82) is 0 Å². The zero-order valence-corrected chi connectivity index (χ0v) is 7.14. The first-order chi connectivity index (χ1) is 4.79. The maximum absolute atomic E-state index is 2.52. The van der Waals surface area contributed by atoms with Crippen LogP contribution >= 0.6 is 0 Å². The summed E-state index contributed by atoms with van der Waals surface area (Å²) < 4.78 is 0. The van der Waals surface area contributed by atoms with Gasteiger partial charge in [-0.1, -0.05) is 6.42 Å². The van der Waals surface area contributed by atoms with Gasteiger partial charge in [0, 0.05) is 0 Å². The van der Waals surface area contributed by atoms with Gasteiger partial charge < -0.3 is 0 Å². The van der Waals surface area contributed by atoms with Gasteiger partial charge in [-0.3, -0.25) is 9.80 Å². The largest absolute Gasteiger partial charge is 0.297 e. The van der Waals surface area contributed by atoms with Gasteiger partial charge in [0.2, 0.25) is 0 Å². The van der Waals surface area contributed by atoms with E-state index in [9.17, 15) is 0 Å². The van der Waals surface area contributed by atoms with E-state index in [2.05, 4.69) is 23.9 Å². The molecule has 0 unspecified atom stereocenters. The molecule has 0 aliphatic carbocycles. The maximum Gasteiger partial charge on any atom is 0.0500 e. The second-order valence-corrected chi connectivity index (χ2v) is 3.40. The van der Waals surface area contributed by atoms with Crippen LogP contribution < -0.4 is 0 Å². The highest BCUT2D eigenvalue weighted by molar-refractivity contribution is 4.62. The molecular weight excluding hydrogens is 124 g/mol. The lowest BCUT2D eigenvalue weighted by molar-refractivity contribution is 0.150. The summed E-state index contributed by atoms with van der Waals surface area (Å²) in [5.74, 6) is 0. The fraction of sp³-hybridized carbons (Fsp3) is 1.00. The smallest absolute Gasteiger partial charge is 0.0500 e. The lowest BCUT2D eigenvalue weighted by atomic mass is 10.1. The molecule has 60 valence electrons. The summed E-state index contributed by atoms with van der Waals surface area (Å²) >= 11 is 0. The van der Waals surface area contributed by atoms with Gasteiger partial charge >= 0.3 is 0 Å². The average Bonchev–Trinajstić information content (AvgIpc) is 1.88. The van der Waals surface area contributed by atoms with Gasteiger partial charge in [0.15, 0.2) is 0 Å². The lowest BCUT2D eigenvalue weighted by Crippen LogP contribution is -2.37. The Morgan fingerprint density at radius 2 is 1.70 bits per heavy atom. The molecule has 0 amide bonds. The Morgan fingerprint density at radius 1 is 1.10 bits per heavy atom. The molecule has 0 aromatic heterocycles. The van der Waals surface area contributed by atoms with Crippen LogP contribution in [0.3, 0.4) is 0 Å². The molecule has 0 bridgehead atoms. The van der Waals surface area contributed by atoms with E-state index in [1.54, 1.807) is 0 Å². The van der Waals surface area contributed by atoms with E-state index in [0.717, 1.165) is 6.67 Å². The molecule has 1 heterocycles. The van der Waals surface area contributed by atoms with Crippen molar-refractivity contribution in [2.45, 2.75) is 19.3 Å². The standard InChI is InChI=1S/C8H18N2/c1-9(2)8-10-6-4-3-5-7-10/h3-8H2,1-2H3. The first-order valence-corrected chi connectivity index (χ1v) is 4.16. The zero-order valence-electron chi connectivity index (χ0n) is 7.14. The van der Waals surface area contributed by atoms with E-state index in [1.807, 2.05) is 0 Å². The number of hydrogen-bond acceptors (Lipinski definition) is 2. The second-order valence-electron chi connectivity index (χ2n) is 3.40. The molecule has 0 aromatic rings. The molecule has 0 saturated carbocycles. The summed E-state index contributed by atoms with van der Waals surface area (Å²) in [6.07, 6.45) is 4.23. The number of piperidine rings is 1. The molecule has 2 nitrogen and oxygen atoms in total. The third kappa shape index (κ3) is 2.67. The first-order valence-electron chi connectivity index (χ1n) is 4.16. The van der Waals surface area contributed by atoms with Crippen LogP contribution in [0.25, 0.3) is 0 Å². The fourth-order valence-electron chi connectivity index (χ4n) is 1.50. The van der Waals surface area contributed by atoms with Crippen molar-refractivity contribution in [3.8, 4) is 0 Å². The molecule has 1 aliphatic rings. The molecule has 1 aliphatic heterocycles. The van der Waals surface area contributed by atoms with Crippen LogP contribution in [0.5, 0.6) is 0 Å². The van der Waals surface area contributed by atoms with Crippen molar-refractivity contribution in [3.05, 3.63) is 0 Å². The number of rotatable bonds is 2. The molecule has 0 spiro atoms. The molecule has 2 heteroatoms. The second kappa shape index (κ2) is 3.94. The van der Waals surface area contributed by atoms with Crippen molar-refractivity contribution in [2.75, 3.05) is 33.9 Å². The summed E-state index contributed by atoms with van der Waals surface area (Å²) in [5, 5.41) is 0. The van der Waals surface area contributed by atoms with Crippen molar-refractivity contribution in [2.24, 2.45) is 0 Å². The van der Waals surface area contributed by atoms with E-state index in [0.29, 0.717) is 0 Å². The van der Waals surface area contributed by atoms with E-state index < -0.39 is 0 Å². The highest BCUT2D eigenvalue weighted by Crippen LogP contribution is 2.07. The minimum absolute atomic E-state index is 1.14. The monoisotopic (exact) mass is 142 g/mol. The first kappa shape index (κ1) is 8.02. The summed E-state index contributed by atoms with van der Waals surface area (Å²) in [7, 11) is 4.27. The van der Waals surface area contributed by atoms with Gasteiger partial charge in [0.25, 0.3) is 0 Å². The summed E-state index contributed by atoms with van der Waals surface area (Å²) in [6.45, 7) is 3.75. The molecule has 1 saturated heterocycles. The maximum atomic E-state index is 2.52. The van der Waals surface area contributed by atoms with Crippen molar-refractivity contribution in [3.63, 3.8) is 0 Å². The molecule has 0 atom stereocenters. The number of likely N-dealkylation sites (tertiary alicyclic amines) is 1. The van der Waals surface area contributed by atoms with Crippen LogP contribution in [0.15, 0.2) is 0 Å². The van der Waals surface area contributed by atoms with Crippen LogP contribution in [-0.4, -0.2) is 43.7 Å². The van der Waals surface area contributed by atoms with Crippen LogP contribution in [0.4, 0.5) is 0 Å². The zero-order chi connectivity index (χ0) is 7.40. The molecule has 1 rings (SSSR count). The van der Waals surface area contributed by atoms with Crippen molar-refractivity contribution in [1.82, 2.24) is 9.80 Å². The van der Waals surface area contributed by atoms with Crippen molar-refractivity contribution < 1.29 is 0 Å². The van der Waals surface area contributed by atoms with Gasteiger partial charge in [0.1, 0.15) is 0 Å². The van der Waals surface area contributed by atoms with Crippen LogP contribution in [0, 0.1) is 0 Å². The fourth-order valence-corrected chi connectivity index (χ4v) is 1.50. The third-order valence-electron chi connectivity index (χ3n) is 1.93. The highest BCUT2D eigenvalue weighted by Gasteiger charge is 2.09. The summed E-state index contributed by atoms with van der Waals surface area (Å²) in [6, 6.07) is 0. The lowest BCUT2D eigenvalue weighted by Gasteiger charge is -2.28. The van der Waals surface area contributed by atoms with Crippen LogP contribution in [-0.2, 0) is 0 Å². The van der Waals surface area contributed by atoms with Crippen molar-refractivity contribution >= 4 is 0 Å². The quantitative estimate of drug-likeness (QED) is 0.567. The van der Waals surface area contributed by atoms with Gasteiger partial charge in [-0.2, -0.15) is 0 Å². The van der Waals surface area contributed by atoms with Gasteiger partial charge in [0.05, 0.1) is 6.67 Å². The molecule has 10 heavy (non-hydrogen) atoms. The summed E-state index contributed by atoms with van der Waals surface area (Å²) in [4.78, 5) is 4.76. The minimum atomic E-state index is 1.14. The molecule has 0 aromatic carbocycles. The van der Waals surface area contributed by atoms with E-state index in [-0.39, 0.29) is 0 Å². The van der Waals surface area contributed by atoms with E-state index in [4.69, 9.17) is 0 Å². The topological polar surface area (TPSA) is 6.48 Å². The Bertz CT molecular complexity index is 85.3. The Hall–Kier alpha value is -0.0800. The Balaban J connectivity index is 2.13. The average molecular weight is 142 g/mol. The van der Waals surface area contributed by atoms with Crippen LogP contribution in [0.1, 0.15) is 19.3 Å². The molecule has 0 radical (unpaired) electrons. The third-order valence-corrected chi connectivity index (χ3v) is 1.93. The van der Waals surface area contributed by atoms with Crippen LogP contribution in [0.2, 0.25) is 0 Å². The normalized spacial score (nSPS) is 21.9. The number of nitrogens with zero attached hydrogens (tertiary/aromatic N) is 2. The Morgan fingerprint density at radius 3 is 2.20 bits per heavy atom. The highest BCUT2D eigenvalue weighted by atomic mass is 15.3. The Labute approximate surface area is 63.8 Å². The van der Waals surface area contributed by atoms with Gasteiger partial charge in [-0.25, -0.2) is 0 Å². The predicted molar refractivity (Wildman–Crippen MR) is 44.0 cm³/mol. The predicted octanol–water partition coefficient (Wildman–Crippen LogP) is 0.991. The van der Waals surface area contributed by atoms with Gasteiger partial charge in [-0.15, -0.1) is 0 Å². The summed E-state index contributed by atoms with van der Waals surface area (Å²) in [5.41, 5.74) is 0. The molecule has 1 fully saturated rings.